The third-order valence-corrected chi connectivity index (χ3v) is 6.16. The van der Waals surface area contributed by atoms with Crippen LogP contribution >= 0.6 is 0 Å². The van der Waals surface area contributed by atoms with E-state index in [1.165, 1.54) is 5.56 Å². The predicted octanol–water partition coefficient (Wildman–Crippen LogP) is 2.74. The molecule has 2 aromatic rings. The van der Waals surface area contributed by atoms with Crippen molar-refractivity contribution in [2.24, 2.45) is 11.8 Å². The number of nitrogens with zero attached hydrogens (tertiary/aromatic N) is 1. The zero-order valence-corrected chi connectivity index (χ0v) is 15.0. The summed E-state index contributed by atoms with van der Waals surface area (Å²) >= 11 is 0. The lowest BCUT2D eigenvalue weighted by atomic mass is 9.91. The molecule has 4 rings (SSSR count). The van der Waals surface area contributed by atoms with Crippen molar-refractivity contribution >= 4 is 0 Å². The molecule has 4 heteroatoms. The molecule has 4 atom stereocenters. The first-order valence-corrected chi connectivity index (χ1v) is 9.46. The van der Waals surface area contributed by atoms with Gasteiger partial charge in [0.25, 0.3) is 0 Å². The highest BCUT2D eigenvalue weighted by molar-refractivity contribution is 5.28. The molecule has 26 heavy (non-hydrogen) atoms. The van der Waals surface area contributed by atoms with Gasteiger partial charge in [0.1, 0.15) is 5.75 Å². The Balaban J connectivity index is 1.42. The number of fused-ring (bicyclic) bond motifs is 1. The number of phenolic OH excluding ortho intramolecular Hbond substituents is 1. The van der Waals surface area contributed by atoms with Crippen LogP contribution in [0.15, 0.2) is 54.6 Å². The Morgan fingerprint density at radius 1 is 0.962 bits per heavy atom. The van der Waals surface area contributed by atoms with Gasteiger partial charge in [0, 0.05) is 19.5 Å². The highest BCUT2D eigenvalue weighted by Crippen LogP contribution is 2.47. The van der Waals surface area contributed by atoms with Gasteiger partial charge in [0.2, 0.25) is 0 Å². The standard InChI is InChI=1S/C22H27NO3/c24-15-21(17-6-8-20(25)9-7-17)23-13-18-11-22(26,12-19(18)14-23)10-16-4-2-1-3-5-16/h1-9,18-19,21,24-26H,10-15H2/t18-,19+,21-,22-/m0/s1. The number of aromatic hydroxyl groups is 1. The van der Waals surface area contributed by atoms with Crippen LogP contribution < -0.4 is 0 Å². The Bertz CT molecular complexity index is 717. The van der Waals surface area contributed by atoms with Crippen LogP contribution in [0.3, 0.4) is 0 Å². The van der Waals surface area contributed by atoms with E-state index >= 15 is 0 Å². The van der Waals surface area contributed by atoms with Crippen LogP contribution in [-0.2, 0) is 6.42 Å². The molecule has 0 aromatic heterocycles. The first-order valence-electron chi connectivity index (χ1n) is 9.46. The van der Waals surface area contributed by atoms with Gasteiger partial charge >= 0.3 is 0 Å². The van der Waals surface area contributed by atoms with Crippen molar-refractivity contribution < 1.29 is 15.3 Å². The van der Waals surface area contributed by atoms with E-state index in [-0.39, 0.29) is 18.4 Å². The van der Waals surface area contributed by atoms with Gasteiger partial charge in [-0.2, -0.15) is 0 Å². The summed E-state index contributed by atoms with van der Waals surface area (Å²) in [5, 5.41) is 30.5. The summed E-state index contributed by atoms with van der Waals surface area (Å²) in [7, 11) is 0. The fourth-order valence-corrected chi connectivity index (χ4v) is 5.00. The number of hydrogen-bond acceptors (Lipinski definition) is 4. The minimum absolute atomic E-state index is 0.0385. The molecule has 2 fully saturated rings. The fourth-order valence-electron chi connectivity index (χ4n) is 5.00. The smallest absolute Gasteiger partial charge is 0.115 e. The Morgan fingerprint density at radius 2 is 1.58 bits per heavy atom. The van der Waals surface area contributed by atoms with Crippen LogP contribution in [0, 0.1) is 11.8 Å². The number of benzene rings is 2. The molecule has 4 nitrogen and oxygen atoms in total. The van der Waals surface area contributed by atoms with Crippen LogP contribution in [-0.4, -0.2) is 45.5 Å². The van der Waals surface area contributed by atoms with E-state index in [0.717, 1.165) is 37.9 Å². The van der Waals surface area contributed by atoms with E-state index in [9.17, 15) is 15.3 Å². The highest BCUT2D eigenvalue weighted by atomic mass is 16.3. The summed E-state index contributed by atoms with van der Waals surface area (Å²) in [5.41, 5.74) is 1.63. The maximum Gasteiger partial charge on any atom is 0.115 e. The molecule has 0 bridgehead atoms. The van der Waals surface area contributed by atoms with Crippen molar-refractivity contribution in [3.8, 4) is 5.75 Å². The van der Waals surface area contributed by atoms with Crippen LogP contribution in [0.25, 0.3) is 0 Å². The van der Waals surface area contributed by atoms with E-state index < -0.39 is 5.60 Å². The summed E-state index contributed by atoms with van der Waals surface area (Å²) in [4.78, 5) is 2.34. The zero-order chi connectivity index (χ0) is 18.1. The van der Waals surface area contributed by atoms with Gasteiger partial charge in [-0.05, 0) is 47.9 Å². The van der Waals surface area contributed by atoms with E-state index in [0.29, 0.717) is 11.8 Å². The molecule has 2 aromatic carbocycles. The van der Waals surface area contributed by atoms with Gasteiger partial charge in [-0.3, -0.25) is 4.90 Å². The van der Waals surface area contributed by atoms with E-state index in [1.807, 2.05) is 30.3 Å². The average Bonchev–Trinajstić information content (AvgIpc) is 3.12. The molecule has 1 aliphatic carbocycles. The van der Waals surface area contributed by atoms with Crippen LogP contribution in [0.5, 0.6) is 5.75 Å². The molecule has 138 valence electrons. The Labute approximate surface area is 154 Å². The van der Waals surface area contributed by atoms with Gasteiger partial charge in [-0.1, -0.05) is 42.5 Å². The number of aliphatic hydroxyl groups is 2. The minimum Gasteiger partial charge on any atom is -0.508 e. The number of aliphatic hydroxyl groups excluding tert-OH is 1. The molecule has 1 saturated carbocycles. The lowest BCUT2D eigenvalue weighted by Gasteiger charge is -2.30. The molecule has 2 aliphatic rings. The summed E-state index contributed by atoms with van der Waals surface area (Å²) in [6.45, 7) is 1.89. The highest BCUT2D eigenvalue weighted by Gasteiger charge is 2.49. The first kappa shape index (κ1) is 17.5. The molecule has 3 N–H and O–H groups in total. The first-order chi connectivity index (χ1) is 12.6. The molecule has 1 saturated heterocycles. The number of likely N-dealkylation sites (tertiary alicyclic amines) is 1. The molecule has 1 aliphatic heterocycles. The molecule has 0 radical (unpaired) electrons. The van der Waals surface area contributed by atoms with Gasteiger partial charge in [0.15, 0.2) is 0 Å². The maximum absolute atomic E-state index is 11.1. The minimum atomic E-state index is -0.601. The quantitative estimate of drug-likeness (QED) is 0.773. The van der Waals surface area contributed by atoms with Gasteiger partial charge in [-0.25, -0.2) is 0 Å². The Hall–Kier alpha value is -1.88. The largest absolute Gasteiger partial charge is 0.508 e. The number of rotatable bonds is 5. The molecule has 0 amide bonds. The molecular formula is C22H27NO3. The third-order valence-electron chi connectivity index (χ3n) is 6.16. The lowest BCUT2D eigenvalue weighted by molar-refractivity contribution is 0.0312. The summed E-state index contributed by atoms with van der Waals surface area (Å²) in [5.74, 6) is 1.21. The third kappa shape index (κ3) is 3.50. The Kier molecular flexibility index (Phi) is 4.74. The van der Waals surface area contributed by atoms with Crippen LogP contribution in [0.2, 0.25) is 0 Å². The normalized spacial score (nSPS) is 29.6. The second-order valence-corrected chi connectivity index (χ2v) is 8.06. The van der Waals surface area contributed by atoms with Crippen molar-refractivity contribution in [1.82, 2.24) is 4.90 Å². The van der Waals surface area contributed by atoms with E-state index in [2.05, 4.69) is 17.0 Å². The van der Waals surface area contributed by atoms with E-state index in [1.54, 1.807) is 12.1 Å². The fraction of sp³-hybridized carbons (Fsp3) is 0.455. The van der Waals surface area contributed by atoms with Crippen molar-refractivity contribution in [1.29, 1.82) is 0 Å². The number of hydrogen-bond donors (Lipinski definition) is 3. The van der Waals surface area contributed by atoms with Crippen LogP contribution in [0.1, 0.15) is 30.0 Å². The van der Waals surface area contributed by atoms with Crippen molar-refractivity contribution in [2.45, 2.75) is 30.9 Å². The molecule has 0 spiro atoms. The summed E-state index contributed by atoms with van der Waals surface area (Å²) in [6.07, 6.45) is 2.38. The lowest BCUT2D eigenvalue weighted by Crippen LogP contribution is -2.34. The number of phenols is 1. The molecule has 1 heterocycles. The van der Waals surface area contributed by atoms with Crippen molar-refractivity contribution in [3.63, 3.8) is 0 Å². The summed E-state index contributed by atoms with van der Waals surface area (Å²) in [6, 6.07) is 17.3. The zero-order valence-electron chi connectivity index (χ0n) is 15.0. The van der Waals surface area contributed by atoms with Gasteiger partial charge < -0.3 is 15.3 Å². The Morgan fingerprint density at radius 3 is 2.15 bits per heavy atom. The monoisotopic (exact) mass is 353 g/mol. The van der Waals surface area contributed by atoms with Crippen molar-refractivity contribution in [3.05, 3.63) is 65.7 Å². The topological polar surface area (TPSA) is 63.9 Å². The second kappa shape index (κ2) is 7.03. The molecular weight excluding hydrogens is 326 g/mol. The van der Waals surface area contributed by atoms with E-state index in [4.69, 9.17) is 0 Å². The van der Waals surface area contributed by atoms with Gasteiger partial charge in [-0.15, -0.1) is 0 Å². The van der Waals surface area contributed by atoms with Crippen molar-refractivity contribution in [2.75, 3.05) is 19.7 Å². The maximum atomic E-state index is 11.1. The SMILES string of the molecule is OC[C@@H](c1ccc(O)cc1)N1C[C@@H]2C[C@@](O)(Cc3ccccc3)C[C@@H]2C1. The van der Waals surface area contributed by atoms with Crippen LogP contribution in [0.4, 0.5) is 0 Å². The summed E-state index contributed by atoms with van der Waals surface area (Å²) < 4.78 is 0. The predicted molar refractivity (Wildman–Crippen MR) is 101 cm³/mol. The van der Waals surface area contributed by atoms with Gasteiger partial charge in [0.05, 0.1) is 18.2 Å². The average molecular weight is 353 g/mol. The second-order valence-electron chi connectivity index (χ2n) is 8.06. The molecule has 0 unspecified atom stereocenters.